The van der Waals surface area contributed by atoms with Crippen LogP contribution >= 0.6 is 0 Å². The van der Waals surface area contributed by atoms with E-state index in [9.17, 15) is 4.79 Å². The molecule has 0 aliphatic carbocycles. The molecule has 0 fully saturated rings. The molecule has 4 heteroatoms. The minimum absolute atomic E-state index is 0.185. The number of anilines is 1. The van der Waals surface area contributed by atoms with Crippen molar-refractivity contribution < 1.29 is 14.3 Å². The Bertz CT molecular complexity index is 716. The highest BCUT2D eigenvalue weighted by Gasteiger charge is 2.16. The number of hydrogen-bond donors (Lipinski definition) is 1. The lowest BCUT2D eigenvalue weighted by Crippen LogP contribution is -2.11. The predicted octanol–water partition coefficient (Wildman–Crippen LogP) is 2.65. The van der Waals surface area contributed by atoms with E-state index in [0.717, 1.165) is 0 Å². The highest BCUT2D eigenvalue weighted by molar-refractivity contribution is 6.04. The molecule has 0 aromatic heterocycles. The molecular formula is C16H11NO3. The topological polar surface area (TPSA) is 47.6 Å². The second kappa shape index (κ2) is 4.98. The lowest BCUT2D eigenvalue weighted by atomic mass is 10.1. The van der Waals surface area contributed by atoms with E-state index in [-0.39, 0.29) is 12.7 Å². The van der Waals surface area contributed by atoms with Crippen LogP contribution in [0, 0.1) is 12.3 Å². The maximum atomic E-state index is 12.2. The first-order valence-corrected chi connectivity index (χ1v) is 6.04. The Labute approximate surface area is 116 Å². The van der Waals surface area contributed by atoms with Gasteiger partial charge in [-0.05, 0) is 36.4 Å². The summed E-state index contributed by atoms with van der Waals surface area (Å²) in [6, 6.07) is 12.2. The number of carbonyl (C=O) groups excluding carboxylic acids is 1. The van der Waals surface area contributed by atoms with Crippen molar-refractivity contribution in [2.45, 2.75) is 0 Å². The second-order valence-corrected chi connectivity index (χ2v) is 4.25. The van der Waals surface area contributed by atoms with Crippen molar-refractivity contribution in [1.29, 1.82) is 0 Å². The van der Waals surface area contributed by atoms with Crippen LogP contribution in [0.2, 0.25) is 0 Å². The molecule has 1 N–H and O–H groups in total. The van der Waals surface area contributed by atoms with Gasteiger partial charge in [0.2, 0.25) is 6.79 Å². The zero-order valence-corrected chi connectivity index (χ0v) is 10.6. The molecule has 1 heterocycles. The third-order valence-corrected chi connectivity index (χ3v) is 2.92. The zero-order valence-electron chi connectivity index (χ0n) is 10.6. The molecule has 4 nitrogen and oxygen atoms in total. The van der Waals surface area contributed by atoms with E-state index >= 15 is 0 Å². The van der Waals surface area contributed by atoms with Crippen molar-refractivity contribution in [3.63, 3.8) is 0 Å². The van der Waals surface area contributed by atoms with Gasteiger partial charge in [0, 0.05) is 16.8 Å². The number of hydrogen-bond acceptors (Lipinski definition) is 3. The second-order valence-electron chi connectivity index (χ2n) is 4.25. The quantitative estimate of drug-likeness (QED) is 0.849. The van der Waals surface area contributed by atoms with Gasteiger partial charge in [-0.3, -0.25) is 4.79 Å². The van der Waals surface area contributed by atoms with Crippen molar-refractivity contribution in [2.24, 2.45) is 0 Å². The molecule has 98 valence electrons. The van der Waals surface area contributed by atoms with Crippen molar-refractivity contribution in [3.8, 4) is 23.8 Å². The number of carbonyl (C=O) groups is 1. The smallest absolute Gasteiger partial charge is 0.255 e. The van der Waals surface area contributed by atoms with Crippen LogP contribution in [0.15, 0.2) is 42.5 Å². The average Bonchev–Trinajstić information content (AvgIpc) is 2.94. The van der Waals surface area contributed by atoms with Crippen LogP contribution in [0.3, 0.4) is 0 Å². The third kappa shape index (κ3) is 2.29. The number of amides is 1. The van der Waals surface area contributed by atoms with Crippen molar-refractivity contribution in [3.05, 3.63) is 53.6 Å². The van der Waals surface area contributed by atoms with Crippen molar-refractivity contribution in [1.82, 2.24) is 0 Å². The van der Waals surface area contributed by atoms with Crippen LogP contribution in [-0.4, -0.2) is 12.7 Å². The number of ether oxygens (including phenoxy) is 2. The van der Waals surface area contributed by atoms with Gasteiger partial charge < -0.3 is 14.8 Å². The summed E-state index contributed by atoms with van der Waals surface area (Å²) in [6.07, 6.45) is 5.33. The Hall–Kier alpha value is -2.93. The van der Waals surface area contributed by atoms with Crippen LogP contribution in [-0.2, 0) is 0 Å². The van der Waals surface area contributed by atoms with E-state index in [1.165, 1.54) is 0 Å². The summed E-state index contributed by atoms with van der Waals surface area (Å²) in [7, 11) is 0. The van der Waals surface area contributed by atoms with Gasteiger partial charge in [0.1, 0.15) is 0 Å². The molecule has 0 saturated heterocycles. The summed E-state index contributed by atoms with van der Waals surface area (Å²) in [5.74, 6) is 3.53. The van der Waals surface area contributed by atoms with Gasteiger partial charge in [0.05, 0.1) is 0 Å². The normalized spacial score (nSPS) is 11.8. The minimum Gasteiger partial charge on any atom is -0.454 e. The predicted molar refractivity (Wildman–Crippen MR) is 74.9 cm³/mol. The fourth-order valence-electron chi connectivity index (χ4n) is 1.93. The monoisotopic (exact) mass is 265 g/mol. The molecule has 0 radical (unpaired) electrons. The van der Waals surface area contributed by atoms with Crippen LogP contribution < -0.4 is 14.8 Å². The third-order valence-electron chi connectivity index (χ3n) is 2.92. The van der Waals surface area contributed by atoms with E-state index in [2.05, 4.69) is 11.2 Å². The van der Waals surface area contributed by atoms with E-state index in [0.29, 0.717) is 28.3 Å². The number of rotatable bonds is 2. The Kier molecular flexibility index (Phi) is 3.02. The summed E-state index contributed by atoms with van der Waals surface area (Å²) in [5, 5.41) is 2.79. The standard InChI is InChI=1S/C16H11NO3/c1-2-11-4-3-5-13(8-11)17-16(18)12-6-7-14-15(9-12)20-10-19-14/h1,3-9H,10H2,(H,17,18). The van der Waals surface area contributed by atoms with Gasteiger partial charge in [0.25, 0.3) is 5.91 Å². The lowest BCUT2D eigenvalue weighted by Gasteiger charge is -2.06. The summed E-state index contributed by atoms with van der Waals surface area (Å²) in [5.41, 5.74) is 1.87. The van der Waals surface area contributed by atoms with Gasteiger partial charge in [-0.1, -0.05) is 12.0 Å². The fourth-order valence-corrected chi connectivity index (χ4v) is 1.93. The first-order valence-electron chi connectivity index (χ1n) is 6.04. The summed E-state index contributed by atoms with van der Waals surface area (Å²) >= 11 is 0. The van der Waals surface area contributed by atoms with Gasteiger partial charge in [-0.15, -0.1) is 6.42 Å². The van der Waals surface area contributed by atoms with Crippen LogP contribution in [0.25, 0.3) is 0 Å². The SMILES string of the molecule is C#Cc1cccc(NC(=O)c2ccc3c(c2)OCO3)c1. The summed E-state index contributed by atoms with van der Waals surface area (Å²) in [4.78, 5) is 12.2. The number of terminal acetylenes is 1. The summed E-state index contributed by atoms with van der Waals surface area (Å²) in [6.45, 7) is 0.185. The number of nitrogens with one attached hydrogen (secondary N) is 1. The van der Waals surface area contributed by atoms with Crippen LogP contribution in [0.1, 0.15) is 15.9 Å². The molecular weight excluding hydrogens is 254 g/mol. The fraction of sp³-hybridized carbons (Fsp3) is 0.0625. The average molecular weight is 265 g/mol. The molecule has 3 rings (SSSR count). The van der Waals surface area contributed by atoms with Crippen molar-refractivity contribution in [2.75, 3.05) is 12.1 Å². The van der Waals surface area contributed by atoms with E-state index in [1.54, 1.807) is 42.5 Å². The molecule has 0 spiro atoms. The van der Waals surface area contributed by atoms with Crippen LogP contribution in [0.5, 0.6) is 11.5 Å². The largest absolute Gasteiger partial charge is 0.454 e. The highest BCUT2D eigenvalue weighted by Crippen LogP contribution is 2.32. The zero-order chi connectivity index (χ0) is 13.9. The molecule has 1 aliphatic rings. The van der Waals surface area contributed by atoms with Crippen molar-refractivity contribution >= 4 is 11.6 Å². The Morgan fingerprint density at radius 3 is 2.85 bits per heavy atom. The molecule has 0 saturated carbocycles. The van der Waals surface area contributed by atoms with E-state index in [4.69, 9.17) is 15.9 Å². The molecule has 20 heavy (non-hydrogen) atoms. The maximum Gasteiger partial charge on any atom is 0.255 e. The van der Waals surface area contributed by atoms with Gasteiger partial charge in [-0.25, -0.2) is 0 Å². The van der Waals surface area contributed by atoms with E-state index in [1.807, 2.05) is 0 Å². The Morgan fingerprint density at radius 2 is 2.00 bits per heavy atom. The first-order chi connectivity index (χ1) is 9.76. The van der Waals surface area contributed by atoms with E-state index < -0.39 is 0 Å². The molecule has 0 unspecified atom stereocenters. The molecule has 0 bridgehead atoms. The van der Waals surface area contributed by atoms with Crippen LogP contribution in [0.4, 0.5) is 5.69 Å². The Balaban J connectivity index is 1.81. The Morgan fingerprint density at radius 1 is 1.15 bits per heavy atom. The highest BCUT2D eigenvalue weighted by atomic mass is 16.7. The minimum atomic E-state index is -0.225. The molecule has 2 aromatic carbocycles. The molecule has 2 aromatic rings. The molecule has 1 aliphatic heterocycles. The lowest BCUT2D eigenvalue weighted by molar-refractivity contribution is 0.102. The number of benzene rings is 2. The first kappa shape index (κ1) is 12.1. The maximum absolute atomic E-state index is 12.2. The van der Waals surface area contributed by atoms with Gasteiger partial charge >= 0.3 is 0 Å². The number of fused-ring (bicyclic) bond motifs is 1. The molecule has 0 atom stereocenters. The van der Waals surface area contributed by atoms with Gasteiger partial charge in [0.15, 0.2) is 11.5 Å². The summed E-state index contributed by atoms with van der Waals surface area (Å²) < 4.78 is 10.5. The van der Waals surface area contributed by atoms with Gasteiger partial charge in [-0.2, -0.15) is 0 Å². The molecule has 1 amide bonds.